The largest absolute Gasteiger partial charge is 2.00 e. The van der Waals surface area contributed by atoms with E-state index in [0.717, 1.165) is 0 Å². The van der Waals surface area contributed by atoms with Gasteiger partial charge in [-0.3, -0.25) is 0 Å². The van der Waals surface area contributed by atoms with Crippen LogP contribution in [0.25, 0.3) is 21.5 Å². The molecule has 0 saturated heterocycles. The second kappa shape index (κ2) is 167. The van der Waals surface area contributed by atoms with E-state index in [1.165, 1.54) is 60.5 Å². The summed E-state index contributed by atoms with van der Waals surface area (Å²) in [6.07, 6.45) is 0. The first-order valence-corrected chi connectivity index (χ1v) is 32.7. The molecule has 0 heterocycles. The van der Waals surface area contributed by atoms with E-state index >= 15 is 0 Å². The zero-order valence-electron chi connectivity index (χ0n) is 66.4. The van der Waals surface area contributed by atoms with E-state index in [2.05, 4.69) is 158 Å². The first-order valence-electron chi connectivity index (χ1n) is 32.7. The van der Waals surface area contributed by atoms with Gasteiger partial charge in [-0.05, 0) is 92.3 Å². The molecule has 0 spiro atoms. The van der Waals surface area contributed by atoms with Gasteiger partial charge < -0.3 is 29.7 Å². The van der Waals surface area contributed by atoms with E-state index in [4.69, 9.17) is 0 Å². The van der Waals surface area contributed by atoms with Gasteiger partial charge in [-0.2, -0.15) is 0 Å². The van der Waals surface area contributed by atoms with Crippen molar-refractivity contribution in [1.29, 1.82) is 0 Å². The molecule has 8 aromatic rings. The molecular weight excluding hydrogens is 1450 g/mol. The van der Waals surface area contributed by atoms with Gasteiger partial charge in [0.25, 0.3) is 0 Å². The molecule has 92 heavy (non-hydrogen) atoms. The molecule has 0 nitrogen and oxygen atoms in total. The van der Waals surface area contributed by atoms with Crippen molar-refractivity contribution in [2.45, 2.75) is 293 Å². The van der Waals surface area contributed by atoms with Crippen LogP contribution in [0.2, 0.25) is 0 Å². The third-order valence-corrected chi connectivity index (χ3v) is 8.57. The summed E-state index contributed by atoms with van der Waals surface area (Å²) < 4.78 is 0. The standard InChI is InChI=1S/C14H16.C10H8.3C7H8.C6H6.15C2H6.5CH4.4CH3.2W/c1-9-10(2)12(4)14-8-6-5-7-13(14)11(9)3;1-2-6-10-8-4-3-7-9(10)5-1;3*1-7-5-3-2-4-6-7;1-2-4-6-5-3-1;15*1-2;;;;;;;;;;;/h5-8H,1-4H3;1-8H;3*2-6H,1H3;1-6H;15*1-2H3;5*1H4;4*1H3;;/q;;;;;;;;;;;;;;;;;;;;;;;;;;4*-1;2*+2. The van der Waals surface area contributed by atoms with Gasteiger partial charge in [0.05, 0.1) is 0 Å². The van der Waals surface area contributed by atoms with Crippen LogP contribution < -0.4 is 0 Å². The Morgan fingerprint density at radius 3 is 0.380 bits per heavy atom. The Labute approximate surface area is 621 Å². The number of aryl methyl sites for hydroxylation is 5. The van der Waals surface area contributed by atoms with Crippen molar-refractivity contribution in [3.8, 4) is 0 Å². The second-order valence-electron chi connectivity index (χ2n) is 12.5. The van der Waals surface area contributed by atoms with Crippen molar-refractivity contribution in [1.82, 2.24) is 0 Å². The van der Waals surface area contributed by atoms with Crippen molar-refractivity contribution in [3.63, 3.8) is 0 Å². The first-order chi connectivity index (χ1) is 39.8. The normalized spacial score (nSPS) is 6.23. The summed E-state index contributed by atoms with van der Waals surface area (Å²) in [6.45, 7) is 75.1. The third kappa shape index (κ3) is 110. The molecule has 8 rings (SSSR count). The summed E-state index contributed by atoms with van der Waals surface area (Å²) in [6, 6.07) is 68.2. The fourth-order valence-corrected chi connectivity index (χ4v) is 5.22. The second-order valence-corrected chi connectivity index (χ2v) is 12.5. The molecule has 0 atom stereocenters. The molecule has 0 bridgehead atoms. The number of fused-ring (bicyclic) bond motifs is 2. The van der Waals surface area contributed by atoms with Crippen molar-refractivity contribution >= 4 is 21.5 Å². The summed E-state index contributed by atoms with van der Waals surface area (Å²) in [7, 11) is 0. The zero-order valence-corrected chi connectivity index (χ0v) is 72.2. The molecular formula is C90H176W2. The molecule has 0 N–H and O–H groups in total. The minimum atomic E-state index is 0. The Balaban J connectivity index is -0.0000000250. The van der Waals surface area contributed by atoms with Crippen LogP contribution in [0, 0.1) is 78.2 Å². The van der Waals surface area contributed by atoms with Crippen LogP contribution >= 0.6 is 0 Å². The van der Waals surface area contributed by atoms with Crippen LogP contribution in [0.15, 0.2) is 200 Å². The summed E-state index contributed by atoms with van der Waals surface area (Å²) in [4.78, 5) is 0. The van der Waals surface area contributed by atoms with E-state index in [0.29, 0.717) is 0 Å². The monoisotopic (exact) mass is 1630 g/mol. The molecule has 0 fully saturated rings. The van der Waals surface area contributed by atoms with Crippen LogP contribution in [0.5, 0.6) is 0 Å². The maximum absolute atomic E-state index is 2.21. The van der Waals surface area contributed by atoms with E-state index in [1.54, 1.807) is 0 Å². The van der Waals surface area contributed by atoms with E-state index < -0.39 is 0 Å². The SMILES string of the molecule is C.C.C.C.C.CC.CC.CC.CC.CC.CC.CC.CC.CC.CC.CC.CC.CC.CC.CC.Cc1c(C)c(C)c2ccccc2c1C.Cc1ccccc1.Cc1ccccc1.Cc1ccccc1.[CH3-].[CH3-].[CH3-].[CH3-].[W+2].[W+2].c1ccc2ccccc2c1.c1ccccc1. The van der Waals surface area contributed by atoms with Crippen LogP contribution in [-0.4, -0.2) is 0 Å². The van der Waals surface area contributed by atoms with Gasteiger partial charge in [0.2, 0.25) is 0 Å². The van der Waals surface area contributed by atoms with Gasteiger partial charge in [0.15, 0.2) is 0 Å². The zero-order chi connectivity index (χ0) is 66.7. The molecule has 2 heteroatoms. The van der Waals surface area contributed by atoms with Crippen LogP contribution in [0.1, 0.15) is 284 Å². The maximum atomic E-state index is 2.21. The summed E-state index contributed by atoms with van der Waals surface area (Å²) >= 11 is 0. The van der Waals surface area contributed by atoms with Gasteiger partial charge in [-0.1, -0.05) is 462 Å². The van der Waals surface area contributed by atoms with Crippen LogP contribution in [0.4, 0.5) is 0 Å². The average molecular weight is 1630 g/mol. The molecule has 0 aliphatic heterocycles. The maximum Gasteiger partial charge on any atom is 2.00 e. The Hall–Kier alpha value is -4.34. The molecule has 0 amide bonds. The summed E-state index contributed by atoms with van der Waals surface area (Å²) in [5, 5.41) is 5.41. The fraction of sp³-hybridized carbons (Fsp3) is 0.467. The molecule has 0 unspecified atom stereocenters. The third-order valence-electron chi connectivity index (χ3n) is 8.57. The molecule has 548 valence electrons. The van der Waals surface area contributed by atoms with Crippen molar-refractivity contribution < 1.29 is 42.1 Å². The molecule has 0 aliphatic carbocycles. The number of benzene rings is 8. The summed E-state index contributed by atoms with van der Waals surface area (Å²) in [5.74, 6) is 0. The van der Waals surface area contributed by atoms with Gasteiger partial charge in [-0.15, -0.1) is 0 Å². The van der Waals surface area contributed by atoms with Crippen LogP contribution in [0.3, 0.4) is 0 Å². The molecule has 8 aromatic carbocycles. The fourth-order valence-electron chi connectivity index (χ4n) is 5.22. The van der Waals surface area contributed by atoms with Gasteiger partial charge in [0.1, 0.15) is 0 Å². The quantitative estimate of drug-likeness (QED) is 0.133. The molecule has 0 radical (unpaired) electrons. The van der Waals surface area contributed by atoms with Crippen LogP contribution in [-0.2, 0) is 42.1 Å². The average Bonchev–Trinajstić information content (AvgIpc) is 3.60. The number of hydrogen-bond acceptors (Lipinski definition) is 0. The topological polar surface area (TPSA) is 0 Å². The number of hydrogen-bond donors (Lipinski definition) is 0. The first kappa shape index (κ1) is 162. The Bertz CT molecular complexity index is 1860. The minimum absolute atomic E-state index is 0. The molecule has 0 saturated carbocycles. The minimum Gasteiger partial charge on any atom is -0.358 e. The smallest absolute Gasteiger partial charge is 0.358 e. The predicted molar refractivity (Wildman–Crippen MR) is 456 cm³/mol. The van der Waals surface area contributed by atoms with E-state index in [1.807, 2.05) is 299 Å². The van der Waals surface area contributed by atoms with Crippen molar-refractivity contribution in [2.24, 2.45) is 0 Å². The molecule has 0 aliphatic rings. The van der Waals surface area contributed by atoms with Gasteiger partial charge >= 0.3 is 42.1 Å². The van der Waals surface area contributed by atoms with Gasteiger partial charge in [0, 0.05) is 0 Å². The van der Waals surface area contributed by atoms with Crippen molar-refractivity contribution in [3.05, 3.63) is 269 Å². The van der Waals surface area contributed by atoms with Crippen molar-refractivity contribution in [2.75, 3.05) is 0 Å². The van der Waals surface area contributed by atoms with E-state index in [-0.39, 0.29) is 109 Å². The summed E-state index contributed by atoms with van der Waals surface area (Å²) in [5.41, 5.74) is 9.67. The number of rotatable bonds is 0. The van der Waals surface area contributed by atoms with Gasteiger partial charge in [-0.25, -0.2) is 0 Å². The van der Waals surface area contributed by atoms with E-state index in [9.17, 15) is 0 Å². The Kier molecular flexibility index (Phi) is 295. The molecule has 0 aromatic heterocycles. The Morgan fingerprint density at radius 1 is 0.152 bits per heavy atom. The Morgan fingerprint density at radius 2 is 0.261 bits per heavy atom. The predicted octanol–water partition coefficient (Wildman–Crippen LogP) is 35.0.